The van der Waals surface area contributed by atoms with E-state index in [0.717, 1.165) is 11.1 Å². The number of ether oxygens (including phenoxy) is 1. The minimum absolute atomic E-state index is 0.102. The highest BCUT2D eigenvalue weighted by molar-refractivity contribution is 5.50. The third-order valence-electron chi connectivity index (χ3n) is 2.45. The van der Waals surface area contributed by atoms with E-state index in [2.05, 4.69) is 0 Å². The Kier molecular flexibility index (Phi) is 3.36. The molecule has 3 N–H and O–H groups in total. The molecule has 0 amide bonds. The second-order valence-corrected chi connectivity index (χ2v) is 3.48. The van der Waals surface area contributed by atoms with Crippen molar-refractivity contribution in [3.05, 3.63) is 23.3 Å². The number of hydrogen-bond donors (Lipinski definition) is 2. The van der Waals surface area contributed by atoms with Crippen molar-refractivity contribution in [1.82, 2.24) is 0 Å². The van der Waals surface area contributed by atoms with Gasteiger partial charge < -0.3 is 15.6 Å². The lowest BCUT2D eigenvalue weighted by Gasteiger charge is -2.16. The Morgan fingerprint density at radius 2 is 2.14 bits per heavy atom. The first-order chi connectivity index (χ1) is 6.61. The molecule has 0 bridgehead atoms. The molecule has 0 saturated heterocycles. The van der Waals surface area contributed by atoms with Crippen LogP contribution >= 0.6 is 0 Å². The Labute approximate surface area is 84.5 Å². The van der Waals surface area contributed by atoms with Gasteiger partial charge in [-0.2, -0.15) is 0 Å². The summed E-state index contributed by atoms with van der Waals surface area (Å²) in [5, 5.41) is 9.88. The molecule has 0 saturated carbocycles. The average molecular weight is 195 g/mol. The Morgan fingerprint density at radius 1 is 1.50 bits per heavy atom. The molecule has 1 aromatic rings. The molecule has 78 valence electrons. The fraction of sp³-hybridized carbons (Fsp3) is 0.455. The largest absolute Gasteiger partial charge is 0.507 e. The lowest BCUT2D eigenvalue weighted by atomic mass is 9.97. The van der Waals surface area contributed by atoms with Crippen LogP contribution in [-0.4, -0.2) is 18.8 Å². The predicted molar refractivity (Wildman–Crippen MR) is 56.9 cm³/mol. The van der Waals surface area contributed by atoms with Crippen LogP contribution in [0.2, 0.25) is 0 Å². The van der Waals surface area contributed by atoms with E-state index in [9.17, 15) is 5.11 Å². The van der Waals surface area contributed by atoms with Gasteiger partial charge in [0.2, 0.25) is 0 Å². The summed E-state index contributed by atoms with van der Waals surface area (Å²) in [4.78, 5) is 0. The number of hydrogen-bond acceptors (Lipinski definition) is 3. The van der Waals surface area contributed by atoms with Crippen molar-refractivity contribution in [3.63, 3.8) is 0 Å². The van der Waals surface area contributed by atoms with Gasteiger partial charge >= 0.3 is 0 Å². The molecule has 0 radical (unpaired) electrons. The number of nitrogens with two attached hydrogens (primary N) is 1. The van der Waals surface area contributed by atoms with Crippen molar-refractivity contribution in [2.45, 2.75) is 19.8 Å². The fourth-order valence-corrected chi connectivity index (χ4v) is 1.47. The van der Waals surface area contributed by atoms with Gasteiger partial charge in [-0.05, 0) is 25.1 Å². The second kappa shape index (κ2) is 4.33. The van der Waals surface area contributed by atoms with E-state index >= 15 is 0 Å². The van der Waals surface area contributed by atoms with Crippen LogP contribution in [0.3, 0.4) is 0 Å². The first kappa shape index (κ1) is 10.9. The van der Waals surface area contributed by atoms with Crippen LogP contribution in [0.5, 0.6) is 11.5 Å². The molecule has 0 aliphatic heterocycles. The molecule has 1 atom stereocenters. The van der Waals surface area contributed by atoms with Crippen LogP contribution in [0.4, 0.5) is 0 Å². The topological polar surface area (TPSA) is 55.5 Å². The van der Waals surface area contributed by atoms with E-state index in [1.807, 2.05) is 26.0 Å². The molecule has 3 nitrogen and oxygen atoms in total. The van der Waals surface area contributed by atoms with Crippen molar-refractivity contribution in [2.24, 2.45) is 5.73 Å². The Morgan fingerprint density at radius 3 is 2.64 bits per heavy atom. The van der Waals surface area contributed by atoms with Gasteiger partial charge in [0.1, 0.15) is 11.5 Å². The first-order valence-electron chi connectivity index (χ1n) is 4.68. The number of rotatable bonds is 3. The summed E-state index contributed by atoms with van der Waals surface area (Å²) in [5.41, 5.74) is 7.23. The van der Waals surface area contributed by atoms with Crippen LogP contribution in [0.25, 0.3) is 0 Å². The highest BCUT2D eigenvalue weighted by atomic mass is 16.5. The third-order valence-corrected chi connectivity index (χ3v) is 2.45. The van der Waals surface area contributed by atoms with Crippen molar-refractivity contribution >= 4 is 0 Å². The van der Waals surface area contributed by atoms with Crippen LogP contribution in [0, 0.1) is 6.92 Å². The summed E-state index contributed by atoms with van der Waals surface area (Å²) in [6, 6.07) is 3.69. The van der Waals surface area contributed by atoms with Crippen LogP contribution < -0.4 is 10.5 Å². The van der Waals surface area contributed by atoms with Gasteiger partial charge in [-0.15, -0.1) is 0 Å². The smallest absolute Gasteiger partial charge is 0.126 e. The molecular weight excluding hydrogens is 178 g/mol. The maximum Gasteiger partial charge on any atom is 0.126 e. The summed E-state index contributed by atoms with van der Waals surface area (Å²) in [6.45, 7) is 4.33. The third kappa shape index (κ3) is 1.82. The average Bonchev–Trinajstić information content (AvgIpc) is 2.20. The summed E-state index contributed by atoms with van der Waals surface area (Å²) in [7, 11) is 1.59. The Bertz CT molecular complexity index is 323. The zero-order valence-corrected chi connectivity index (χ0v) is 8.87. The molecule has 1 unspecified atom stereocenters. The second-order valence-electron chi connectivity index (χ2n) is 3.48. The molecule has 1 aromatic carbocycles. The van der Waals surface area contributed by atoms with E-state index in [1.54, 1.807) is 7.11 Å². The van der Waals surface area contributed by atoms with Crippen LogP contribution in [0.15, 0.2) is 12.1 Å². The Balaban J connectivity index is 3.27. The summed E-state index contributed by atoms with van der Waals surface area (Å²) in [6.07, 6.45) is 0. The summed E-state index contributed by atoms with van der Waals surface area (Å²) >= 11 is 0. The fourth-order valence-electron chi connectivity index (χ4n) is 1.47. The number of benzene rings is 1. The molecule has 1 rings (SSSR count). The molecular formula is C11H17NO2. The van der Waals surface area contributed by atoms with E-state index in [-0.39, 0.29) is 5.92 Å². The molecule has 0 aliphatic carbocycles. The van der Waals surface area contributed by atoms with E-state index in [0.29, 0.717) is 18.0 Å². The van der Waals surface area contributed by atoms with Crippen LogP contribution in [-0.2, 0) is 0 Å². The van der Waals surface area contributed by atoms with Crippen molar-refractivity contribution in [2.75, 3.05) is 13.7 Å². The van der Waals surface area contributed by atoms with Gasteiger partial charge in [0.25, 0.3) is 0 Å². The number of phenolic OH excluding ortho intramolecular Hbond substituents is 1. The lowest BCUT2D eigenvalue weighted by Crippen LogP contribution is -2.10. The number of aryl methyl sites for hydroxylation is 1. The first-order valence-corrected chi connectivity index (χ1v) is 4.68. The molecule has 0 aromatic heterocycles. The monoisotopic (exact) mass is 195 g/mol. The Hall–Kier alpha value is -1.22. The normalized spacial score (nSPS) is 12.6. The van der Waals surface area contributed by atoms with Gasteiger partial charge in [-0.1, -0.05) is 13.0 Å². The van der Waals surface area contributed by atoms with Crippen molar-refractivity contribution in [1.29, 1.82) is 0 Å². The molecule has 0 fully saturated rings. The minimum atomic E-state index is 0.102. The maximum absolute atomic E-state index is 9.88. The predicted octanol–water partition coefficient (Wildman–Crippen LogP) is 1.77. The number of aromatic hydroxyl groups is 1. The van der Waals surface area contributed by atoms with E-state index in [1.165, 1.54) is 0 Å². The van der Waals surface area contributed by atoms with E-state index in [4.69, 9.17) is 10.5 Å². The quantitative estimate of drug-likeness (QED) is 0.772. The highest BCUT2D eigenvalue weighted by Crippen LogP contribution is 2.36. The lowest BCUT2D eigenvalue weighted by molar-refractivity contribution is 0.394. The van der Waals surface area contributed by atoms with Crippen LogP contribution in [0.1, 0.15) is 24.0 Å². The van der Waals surface area contributed by atoms with Gasteiger partial charge in [-0.3, -0.25) is 0 Å². The molecule has 0 heterocycles. The molecule has 3 heteroatoms. The maximum atomic E-state index is 9.88. The zero-order valence-electron chi connectivity index (χ0n) is 8.87. The SMILES string of the molecule is COc1ccc(C)c(O)c1C(C)CN. The van der Waals surface area contributed by atoms with Gasteiger partial charge in [-0.25, -0.2) is 0 Å². The van der Waals surface area contributed by atoms with Crippen molar-refractivity contribution in [3.8, 4) is 11.5 Å². The number of methoxy groups -OCH3 is 1. The summed E-state index contributed by atoms with van der Waals surface area (Å²) < 4.78 is 5.19. The van der Waals surface area contributed by atoms with Gasteiger partial charge in [0.15, 0.2) is 0 Å². The molecule has 0 aliphatic rings. The zero-order chi connectivity index (χ0) is 10.7. The van der Waals surface area contributed by atoms with Gasteiger partial charge in [0, 0.05) is 11.5 Å². The van der Waals surface area contributed by atoms with Gasteiger partial charge in [0.05, 0.1) is 7.11 Å². The standard InChI is InChI=1S/C11H17NO2/c1-7-4-5-9(14-3)10(11(7)13)8(2)6-12/h4-5,8,13H,6,12H2,1-3H3. The van der Waals surface area contributed by atoms with Crippen molar-refractivity contribution < 1.29 is 9.84 Å². The number of phenols is 1. The minimum Gasteiger partial charge on any atom is -0.507 e. The summed E-state index contributed by atoms with van der Waals surface area (Å²) in [5.74, 6) is 1.10. The van der Waals surface area contributed by atoms with E-state index < -0.39 is 0 Å². The highest BCUT2D eigenvalue weighted by Gasteiger charge is 2.16. The molecule has 0 spiro atoms. The molecule has 14 heavy (non-hydrogen) atoms.